The molecule has 1 N–H and O–H groups in total. The van der Waals surface area contributed by atoms with E-state index in [0.29, 0.717) is 28.2 Å². The first-order chi connectivity index (χ1) is 15.4. The van der Waals surface area contributed by atoms with E-state index < -0.39 is 0 Å². The molecule has 0 spiro atoms. The fourth-order valence-corrected chi connectivity index (χ4v) is 5.38. The number of nitrogens with zero attached hydrogens (tertiary/aromatic N) is 5. The lowest BCUT2D eigenvalue weighted by molar-refractivity contribution is -0.384. The van der Waals surface area contributed by atoms with Crippen LogP contribution in [0.2, 0.25) is 0 Å². The third-order valence-electron chi connectivity index (χ3n) is 6.48. The molecule has 9 nitrogen and oxygen atoms in total. The molecule has 0 unspecified atom stereocenters. The summed E-state index contributed by atoms with van der Waals surface area (Å²) in [5, 5.41) is 23.4. The summed E-state index contributed by atoms with van der Waals surface area (Å²) in [6.45, 7) is 6.09. The van der Waals surface area contributed by atoms with Gasteiger partial charge in [-0.25, -0.2) is 0 Å². The number of rotatable bonds is 5. The molecular formula is C22H30N6O3S. The van der Waals surface area contributed by atoms with Crippen LogP contribution in [0.3, 0.4) is 0 Å². The third kappa shape index (κ3) is 4.90. The van der Waals surface area contributed by atoms with Gasteiger partial charge in [0, 0.05) is 42.5 Å². The molecule has 1 aromatic carbocycles. The Labute approximate surface area is 192 Å². The number of thioether (sulfide) groups is 1. The highest BCUT2D eigenvalue weighted by molar-refractivity contribution is 8.15. The van der Waals surface area contributed by atoms with Crippen LogP contribution < -0.4 is 15.1 Å². The third-order valence-corrected chi connectivity index (χ3v) is 7.34. The van der Waals surface area contributed by atoms with Crippen LogP contribution in [0.4, 0.5) is 17.1 Å². The zero-order valence-electron chi connectivity index (χ0n) is 18.6. The van der Waals surface area contributed by atoms with Crippen LogP contribution in [0, 0.1) is 10.1 Å². The fourth-order valence-electron chi connectivity index (χ4n) is 4.75. The first kappa shape index (κ1) is 22.6. The molecule has 0 radical (unpaired) electrons. The molecule has 0 aromatic heterocycles. The van der Waals surface area contributed by atoms with Crippen molar-refractivity contribution < 1.29 is 9.72 Å². The molecular weight excluding hydrogens is 428 g/mol. The van der Waals surface area contributed by atoms with E-state index in [0.717, 1.165) is 50.9 Å². The van der Waals surface area contributed by atoms with Crippen molar-refractivity contribution >= 4 is 46.1 Å². The van der Waals surface area contributed by atoms with Gasteiger partial charge in [-0.1, -0.05) is 11.8 Å². The smallest absolute Gasteiger partial charge is 0.293 e. The topological polar surface area (TPSA) is 103 Å². The van der Waals surface area contributed by atoms with E-state index in [1.165, 1.54) is 18.2 Å². The standard InChI is InChI=1S/C22H30N6O3S/c1-15-7-3-5-9-26(15)18-12-19(27-10-6-4-8-16(27)2)20(28(30)31)11-17(18)13-23-25-22-24-21(29)14-32-22/h11-13,15-16H,3-10,14H2,1-2H3,(H,24,25,29)/b23-13-/t15-,16+/m1/s1. The van der Waals surface area contributed by atoms with Gasteiger partial charge in [0.15, 0.2) is 5.17 Å². The van der Waals surface area contributed by atoms with Crippen molar-refractivity contribution in [1.29, 1.82) is 0 Å². The van der Waals surface area contributed by atoms with Gasteiger partial charge in [0.25, 0.3) is 5.69 Å². The monoisotopic (exact) mass is 458 g/mol. The molecule has 3 fully saturated rings. The molecule has 172 valence electrons. The molecule has 3 saturated heterocycles. The van der Waals surface area contributed by atoms with E-state index in [-0.39, 0.29) is 22.6 Å². The first-order valence-corrected chi connectivity index (χ1v) is 12.3. The summed E-state index contributed by atoms with van der Waals surface area (Å²) in [7, 11) is 0. The van der Waals surface area contributed by atoms with E-state index in [2.05, 4.69) is 39.2 Å². The molecule has 3 heterocycles. The number of amides is 1. The second-order valence-corrected chi connectivity index (χ2v) is 9.68. The number of nitro groups is 1. The molecule has 32 heavy (non-hydrogen) atoms. The lowest BCUT2D eigenvalue weighted by Crippen LogP contribution is -2.40. The second-order valence-electron chi connectivity index (χ2n) is 8.72. The molecule has 0 bridgehead atoms. The van der Waals surface area contributed by atoms with E-state index in [4.69, 9.17) is 0 Å². The Balaban J connectivity index is 1.76. The number of carbonyl (C=O) groups is 1. The van der Waals surface area contributed by atoms with Crippen LogP contribution in [-0.2, 0) is 4.79 Å². The number of piperidine rings is 2. The summed E-state index contributed by atoms with van der Waals surface area (Å²) in [5.41, 5.74) is 2.43. The summed E-state index contributed by atoms with van der Waals surface area (Å²) in [6.07, 6.45) is 8.19. The van der Waals surface area contributed by atoms with Crippen LogP contribution >= 0.6 is 11.8 Å². The minimum absolute atomic E-state index is 0.0950. The van der Waals surface area contributed by atoms with Crippen LogP contribution in [0.15, 0.2) is 22.3 Å². The zero-order valence-corrected chi connectivity index (χ0v) is 19.4. The minimum atomic E-state index is -0.295. The van der Waals surface area contributed by atoms with Gasteiger partial charge >= 0.3 is 0 Å². The number of hydrogen-bond donors (Lipinski definition) is 1. The highest BCUT2D eigenvalue weighted by Gasteiger charge is 2.30. The molecule has 10 heteroatoms. The molecule has 0 saturated carbocycles. The average molecular weight is 459 g/mol. The first-order valence-electron chi connectivity index (χ1n) is 11.3. The number of anilines is 2. The van der Waals surface area contributed by atoms with Gasteiger partial charge in [-0.05, 0) is 58.4 Å². The fraction of sp³-hybridized carbons (Fsp3) is 0.591. The van der Waals surface area contributed by atoms with Gasteiger partial charge in [0.05, 0.1) is 16.9 Å². The van der Waals surface area contributed by atoms with Crippen LogP contribution in [0.25, 0.3) is 0 Å². The Morgan fingerprint density at radius 3 is 2.31 bits per heavy atom. The quantitative estimate of drug-likeness (QED) is 0.408. The summed E-state index contributed by atoms with van der Waals surface area (Å²) in [4.78, 5) is 27.6. The lowest BCUT2D eigenvalue weighted by Gasteiger charge is -2.38. The second kappa shape index (κ2) is 9.89. The molecule has 3 aliphatic rings. The number of carbonyl (C=O) groups excluding carboxylic acids is 1. The SMILES string of the molecule is C[C@@H]1CCCCN1c1cc(N2CCCC[C@@H]2C)c([N+](=O)[O-])cc1/C=N\N=C1NC(=O)CS1. The van der Waals surface area contributed by atoms with E-state index in [9.17, 15) is 14.9 Å². The summed E-state index contributed by atoms with van der Waals surface area (Å²) in [5.74, 6) is 0.237. The zero-order chi connectivity index (χ0) is 22.7. The van der Waals surface area contributed by atoms with Crippen molar-refractivity contribution in [2.45, 2.75) is 64.5 Å². The van der Waals surface area contributed by atoms with Crippen molar-refractivity contribution in [2.24, 2.45) is 10.2 Å². The van der Waals surface area contributed by atoms with Gasteiger partial charge in [-0.3, -0.25) is 14.9 Å². The Kier molecular flexibility index (Phi) is 6.98. The van der Waals surface area contributed by atoms with E-state index in [1.54, 1.807) is 12.3 Å². The average Bonchev–Trinajstić information content (AvgIpc) is 3.19. The number of hydrogen-bond acceptors (Lipinski definition) is 8. The summed E-state index contributed by atoms with van der Waals surface area (Å²) >= 11 is 1.30. The minimum Gasteiger partial charge on any atom is -0.368 e. The predicted molar refractivity (Wildman–Crippen MR) is 130 cm³/mol. The molecule has 0 aliphatic carbocycles. The number of amidine groups is 1. The Morgan fingerprint density at radius 2 is 1.75 bits per heavy atom. The number of nitro benzene ring substituents is 1. The van der Waals surface area contributed by atoms with Crippen LogP contribution in [0.5, 0.6) is 0 Å². The largest absolute Gasteiger partial charge is 0.368 e. The molecule has 2 atom stereocenters. The van der Waals surface area contributed by atoms with Crippen LogP contribution in [-0.4, -0.2) is 53.1 Å². The number of benzene rings is 1. The highest BCUT2D eigenvalue weighted by atomic mass is 32.2. The van der Waals surface area contributed by atoms with Gasteiger partial charge in [0.1, 0.15) is 5.69 Å². The van der Waals surface area contributed by atoms with Crippen molar-refractivity contribution in [3.8, 4) is 0 Å². The lowest BCUT2D eigenvalue weighted by atomic mass is 9.98. The Morgan fingerprint density at radius 1 is 1.09 bits per heavy atom. The predicted octanol–water partition coefficient (Wildman–Crippen LogP) is 3.91. The molecule has 1 aromatic rings. The summed E-state index contributed by atoms with van der Waals surface area (Å²) < 4.78 is 0. The maximum atomic E-state index is 12.0. The normalized spacial score (nSPS) is 25.6. The maximum Gasteiger partial charge on any atom is 0.293 e. The molecule has 3 aliphatic heterocycles. The van der Waals surface area contributed by atoms with E-state index in [1.807, 2.05) is 6.07 Å². The Bertz CT molecular complexity index is 950. The summed E-state index contributed by atoms with van der Waals surface area (Å²) in [6, 6.07) is 4.24. The van der Waals surface area contributed by atoms with Crippen molar-refractivity contribution in [1.82, 2.24) is 5.32 Å². The molecule has 1 amide bonds. The van der Waals surface area contributed by atoms with Gasteiger partial charge in [-0.2, -0.15) is 5.10 Å². The molecule has 4 rings (SSSR count). The Hall–Kier alpha value is -2.62. The highest BCUT2D eigenvalue weighted by Crippen LogP contribution is 2.39. The van der Waals surface area contributed by atoms with Gasteiger partial charge < -0.3 is 15.1 Å². The number of nitrogens with one attached hydrogen (secondary N) is 1. The van der Waals surface area contributed by atoms with Crippen molar-refractivity contribution in [2.75, 3.05) is 28.6 Å². The van der Waals surface area contributed by atoms with Crippen LogP contribution in [0.1, 0.15) is 57.9 Å². The van der Waals surface area contributed by atoms with E-state index >= 15 is 0 Å². The maximum absolute atomic E-state index is 12.0. The van der Waals surface area contributed by atoms with Crippen molar-refractivity contribution in [3.63, 3.8) is 0 Å². The van der Waals surface area contributed by atoms with Crippen molar-refractivity contribution in [3.05, 3.63) is 27.8 Å². The van der Waals surface area contributed by atoms with Gasteiger partial charge in [0.2, 0.25) is 5.91 Å². The van der Waals surface area contributed by atoms with Gasteiger partial charge in [-0.15, -0.1) is 5.10 Å².